The van der Waals surface area contributed by atoms with Crippen LogP contribution in [0.4, 0.5) is 13.2 Å². The van der Waals surface area contributed by atoms with Crippen LogP contribution in [0.5, 0.6) is 0 Å². The zero-order valence-electron chi connectivity index (χ0n) is 7.98. The van der Waals surface area contributed by atoms with Crippen molar-refractivity contribution in [1.29, 1.82) is 0 Å². The van der Waals surface area contributed by atoms with Crippen LogP contribution in [-0.4, -0.2) is 24.1 Å². The van der Waals surface area contributed by atoms with E-state index in [9.17, 15) is 31.2 Å². The van der Waals surface area contributed by atoms with Crippen molar-refractivity contribution in [3.05, 3.63) is 27.0 Å². The van der Waals surface area contributed by atoms with Gasteiger partial charge in [0, 0.05) is 6.20 Å². The van der Waals surface area contributed by atoms with Crippen molar-refractivity contribution >= 4 is 10.0 Å². The number of aromatic amines is 1. The van der Waals surface area contributed by atoms with Gasteiger partial charge in [0.15, 0.2) is 4.90 Å². The molecule has 11 heteroatoms. The fourth-order valence-electron chi connectivity index (χ4n) is 1.00. The zero-order valence-corrected chi connectivity index (χ0v) is 8.80. The van der Waals surface area contributed by atoms with Crippen LogP contribution in [-0.2, 0) is 16.6 Å². The number of hydrogen-bond acceptors (Lipinski definition) is 4. The Kier molecular flexibility index (Phi) is 3.16. The van der Waals surface area contributed by atoms with Gasteiger partial charge in [-0.25, -0.2) is 18.4 Å². The van der Waals surface area contributed by atoms with E-state index < -0.39 is 38.9 Å². The predicted octanol–water partition coefficient (Wildman–Crippen LogP) is -1.25. The summed E-state index contributed by atoms with van der Waals surface area (Å²) < 4.78 is 57.7. The quantitative estimate of drug-likeness (QED) is 0.700. The van der Waals surface area contributed by atoms with Crippen LogP contribution in [0, 0.1) is 0 Å². The number of H-pyrrole nitrogens is 1. The Morgan fingerprint density at radius 1 is 1.35 bits per heavy atom. The maximum absolute atomic E-state index is 12.0. The number of hydrogen-bond donors (Lipinski definition) is 2. The molecule has 7 nitrogen and oxygen atoms in total. The average Bonchev–Trinajstić information content (AvgIpc) is 2.05. The first-order valence-electron chi connectivity index (χ1n) is 3.94. The lowest BCUT2D eigenvalue weighted by atomic mass is 10.5. The monoisotopic (exact) mass is 273 g/mol. The maximum atomic E-state index is 12.0. The summed E-state index contributed by atoms with van der Waals surface area (Å²) in [6, 6.07) is 0. The molecular weight excluding hydrogens is 267 g/mol. The molecule has 0 saturated heterocycles. The number of nitrogens with one attached hydrogen (secondary N) is 1. The van der Waals surface area contributed by atoms with Crippen molar-refractivity contribution in [1.82, 2.24) is 9.55 Å². The summed E-state index contributed by atoms with van der Waals surface area (Å²) in [7, 11) is -4.50. The number of nitrogens with two attached hydrogens (primary N) is 1. The van der Waals surface area contributed by atoms with E-state index in [2.05, 4.69) is 5.14 Å². The highest BCUT2D eigenvalue weighted by Gasteiger charge is 2.29. The molecule has 1 aromatic rings. The summed E-state index contributed by atoms with van der Waals surface area (Å²) >= 11 is 0. The molecule has 1 heterocycles. The van der Waals surface area contributed by atoms with Gasteiger partial charge < -0.3 is 0 Å². The smallest absolute Gasteiger partial charge is 0.290 e. The van der Waals surface area contributed by atoms with Gasteiger partial charge in [0.2, 0.25) is 10.0 Å². The second kappa shape index (κ2) is 4.00. The fraction of sp³-hybridized carbons (Fsp3) is 0.333. The van der Waals surface area contributed by atoms with Crippen LogP contribution >= 0.6 is 0 Å². The van der Waals surface area contributed by atoms with E-state index in [1.807, 2.05) is 0 Å². The van der Waals surface area contributed by atoms with E-state index in [-0.39, 0.29) is 10.8 Å². The van der Waals surface area contributed by atoms with E-state index in [0.29, 0.717) is 0 Å². The normalized spacial score (nSPS) is 12.7. The highest BCUT2D eigenvalue weighted by Crippen LogP contribution is 2.16. The van der Waals surface area contributed by atoms with E-state index in [4.69, 9.17) is 0 Å². The van der Waals surface area contributed by atoms with Gasteiger partial charge in [0.1, 0.15) is 6.54 Å². The van der Waals surface area contributed by atoms with E-state index in [1.54, 1.807) is 0 Å². The maximum Gasteiger partial charge on any atom is 0.406 e. The Balaban J connectivity index is 3.46. The SMILES string of the molecule is NS(=O)(=O)c1cn(CC(F)(F)F)c(=O)[nH]c1=O. The predicted molar refractivity (Wildman–Crippen MR) is 48.8 cm³/mol. The van der Waals surface area contributed by atoms with Crippen LogP contribution < -0.4 is 16.4 Å². The molecule has 0 fully saturated rings. The van der Waals surface area contributed by atoms with E-state index >= 15 is 0 Å². The molecular formula is C6H6F3N3O4S. The van der Waals surface area contributed by atoms with Crippen molar-refractivity contribution in [2.24, 2.45) is 5.14 Å². The van der Waals surface area contributed by atoms with Crippen molar-refractivity contribution in [3.63, 3.8) is 0 Å². The molecule has 1 rings (SSSR count). The number of halogens is 3. The number of nitrogens with zero attached hydrogens (tertiary/aromatic N) is 1. The van der Waals surface area contributed by atoms with Crippen molar-refractivity contribution in [3.8, 4) is 0 Å². The van der Waals surface area contributed by atoms with Crippen LogP contribution in [0.3, 0.4) is 0 Å². The molecule has 0 saturated carbocycles. The summed E-state index contributed by atoms with van der Waals surface area (Å²) in [4.78, 5) is 22.3. The second-order valence-corrected chi connectivity index (χ2v) is 4.57. The lowest BCUT2D eigenvalue weighted by Gasteiger charge is -2.09. The second-order valence-electron chi connectivity index (χ2n) is 3.04. The number of aromatic nitrogens is 2. The first-order chi connectivity index (χ1) is 7.50. The topological polar surface area (TPSA) is 115 Å². The van der Waals surface area contributed by atoms with Crippen LogP contribution in [0.2, 0.25) is 0 Å². The summed E-state index contributed by atoms with van der Waals surface area (Å²) in [6.45, 7) is -1.73. The Labute approximate surface area is 91.7 Å². The molecule has 0 aliphatic carbocycles. The van der Waals surface area contributed by atoms with Crippen LogP contribution in [0.15, 0.2) is 20.7 Å². The fourth-order valence-corrected chi connectivity index (χ4v) is 1.59. The molecule has 0 aliphatic heterocycles. The highest BCUT2D eigenvalue weighted by atomic mass is 32.2. The van der Waals surface area contributed by atoms with Crippen molar-refractivity contribution in [2.75, 3.05) is 0 Å². The molecule has 0 aliphatic rings. The van der Waals surface area contributed by atoms with E-state index in [1.165, 1.54) is 4.98 Å². The largest absolute Gasteiger partial charge is 0.406 e. The van der Waals surface area contributed by atoms with Gasteiger partial charge in [0.05, 0.1) is 0 Å². The molecule has 1 aromatic heterocycles. The first kappa shape index (κ1) is 13.4. The zero-order chi connectivity index (χ0) is 13.4. The minimum absolute atomic E-state index is 0.00113. The van der Waals surface area contributed by atoms with Crippen molar-refractivity contribution in [2.45, 2.75) is 17.6 Å². The Morgan fingerprint density at radius 2 is 1.88 bits per heavy atom. The lowest BCUT2D eigenvalue weighted by Crippen LogP contribution is -2.37. The van der Waals surface area contributed by atoms with Gasteiger partial charge >= 0.3 is 11.9 Å². The van der Waals surface area contributed by atoms with Crippen LogP contribution in [0.25, 0.3) is 0 Å². The molecule has 0 atom stereocenters. The summed E-state index contributed by atoms with van der Waals surface area (Å²) in [5.41, 5.74) is -2.74. The summed E-state index contributed by atoms with van der Waals surface area (Å²) in [5, 5.41) is 4.60. The number of alkyl halides is 3. The number of sulfonamides is 1. The Bertz CT molecular complexity index is 642. The molecule has 0 amide bonds. The number of rotatable bonds is 2. The first-order valence-corrected chi connectivity index (χ1v) is 5.48. The third-order valence-corrected chi connectivity index (χ3v) is 2.54. The third kappa shape index (κ3) is 3.42. The molecule has 3 N–H and O–H groups in total. The minimum Gasteiger partial charge on any atom is -0.290 e. The molecule has 0 aromatic carbocycles. The third-order valence-electron chi connectivity index (χ3n) is 1.63. The van der Waals surface area contributed by atoms with E-state index in [0.717, 1.165) is 0 Å². The molecule has 0 unspecified atom stereocenters. The van der Waals surface area contributed by atoms with Gasteiger partial charge in [0.25, 0.3) is 5.56 Å². The Morgan fingerprint density at radius 3 is 2.29 bits per heavy atom. The standard InChI is InChI=1S/C6H6F3N3O4S/c7-6(8,9)2-12-1-3(17(10,15)16)4(13)11-5(12)14/h1H,2H2,(H2,10,15,16)(H,11,13,14). The van der Waals surface area contributed by atoms with Gasteiger partial charge in [-0.05, 0) is 0 Å². The van der Waals surface area contributed by atoms with Gasteiger partial charge in [-0.1, -0.05) is 0 Å². The molecule has 96 valence electrons. The number of primary sulfonamides is 1. The molecule has 0 bridgehead atoms. The van der Waals surface area contributed by atoms with Gasteiger partial charge in [-0.2, -0.15) is 13.2 Å². The Hall–Kier alpha value is -1.62. The molecule has 0 radical (unpaired) electrons. The van der Waals surface area contributed by atoms with Crippen LogP contribution in [0.1, 0.15) is 0 Å². The molecule has 0 spiro atoms. The van der Waals surface area contributed by atoms with Gasteiger partial charge in [-0.15, -0.1) is 0 Å². The van der Waals surface area contributed by atoms with Gasteiger partial charge in [-0.3, -0.25) is 14.3 Å². The minimum atomic E-state index is -4.74. The summed E-state index contributed by atoms with van der Waals surface area (Å²) in [6.07, 6.45) is -4.48. The average molecular weight is 273 g/mol. The lowest BCUT2D eigenvalue weighted by molar-refractivity contribution is -0.141. The van der Waals surface area contributed by atoms with Crippen molar-refractivity contribution < 1.29 is 21.6 Å². The summed E-state index contributed by atoms with van der Waals surface area (Å²) in [5.74, 6) is 0. The molecule has 17 heavy (non-hydrogen) atoms. The highest BCUT2D eigenvalue weighted by molar-refractivity contribution is 7.89.